The molecule has 0 aliphatic heterocycles. The third-order valence-corrected chi connectivity index (χ3v) is 2.97. The minimum Gasteiger partial charge on any atom is -0.310 e. The molecule has 0 amide bonds. The van der Waals surface area contributed by atoms with Gasteiger partial charge in [0.05, 0.1) is 0 Å². The maximum Gasteiger partial charge on any atom is 0.0468 e. The van der Waals surface area contributed by atoms with Crippen molar-refractivity contribution >= 4 is 23.2 Å². The standard InChI is InChI=1S/C12H17Cl2N/c1-3-4-7-15-9(2)11-6-5-10(13)8-12(11)14/h5-6,8-9,15H,3-4,7H2,1-2H3. The van der Waals surface area contributed by atoms with Gasteiger partial charge in [-0.3, -0.25) is 0 Å². The lowest BCUT2D eigenvalue weighted by Gasteiger charge is -2.15. The Morgan fingerprint density at radius 3 is 2.67 bits per heavy atom. The van der Waals surface area contributed by atoms with Gasteiger partial charge in [-0.05, 0) is 37.6 Å². The average molecular weight is 246 g/mol. The summed E-state index contributed by atoms with van der Waals surface area (Å²) in [5.41, 5.74) is 1.11. The predicted molar refractivity (Wildman–Crippen MR) is 67.8 cm³/mol. The average Bonchev–Trinajstić information content (AvgIpc) is 2.17. The summed E-state index contributed by atoms with van der Waals surface area (Å²) < 4.78 is 0. The second kappa shape index (κ2) is 6.37. The highest BCUT2D eigenvalue weighted by Crippen LogP contribution is 2.25. The van der Waals surface area contributed by atoms with Crippen LogP contribution >= 0.6 is 23.2 Å². The minimum absolute atomic E-state index is 0.279. The van der Waals surface area contributed by atoms with E-state index in [0.717, 1.165) is 17.1 Å². The molecule has 1 aromatic carbocycles. The van der Waals surface area contributed by atoms with Crippen LogP contribution in [-0.2, 0) is 0 Å². The highest BCUT2D eigenvalue weighted by atomic mass is 35.5. The predicted octanol–water partition coefficient (Wildman–Crippen LogP) is 4.44. The zero-order valence-corrected chi connectivity index (χ0v) is 10.7. The molecule has 0 aliphatic carbocycles. The maximum absolute atomic E-state index is 6.11. The summed E-state index contributed by atoms with van der Waals surface area (Å²) in [7, 11) is 0. The molecule has 1 rings (SSSR count). The normalized spacial score (nSPS) is 12.8. The molecule has 1 atom stereocenters. The van der Waals surface area contributed by atoms with Gasteiger partial charge in [-0.2, -0.15) is 0 Å². The molecule has 0 aliphatic rings. The molecule has 0 saturated carbocycles. The molecule has 0 heterocycles. The minimum atomic E-state index is 0.279. The van der Waals surface area contributed by atoms with Crippen LogP contribution in [0, 0.1) is 0 Å². The van der Waals surface area contributed by atoms with Gasteiger partial charge < -0.3 is 5.32 Å². The highest BCUT2D eigenvalue weighted by molar-refractivity contribution is 6.35. The molecule has 1 unspecified atom stereocenters. The fourth-order valence-corrected chi connectivity index (χ4v) is 2.03. The van der Waals surface area contributed by atoms with E-state index in [1.54, 1.807) is 6.07 Å². The van der Waals surface area contributed by atoms with E-state index >= 15 is 0 Å². The molecule has 84 valence electrons. The number of hydrogen-bond donors (Lipinski definition) is 1. The van der Waals surface area contributed by atoms with Crippen LogP contribution in [0.5, 0.6) is 0 Å². The Balaban J connectivity index is 2.61. The fraction of sp³-hybridized carbons (Fsp3) is 0.500. The van der Waals surface area contributed by atoms with Crippen molar-refractivity contribution < 1.29 is 0 Å². The number of benzene rings is 1. The first-order valence-electron chi connectivity index (χ1n) is 5.33. The van der Waals surface area contributed by atoms with Crippen molar-refractivity contribution in [3.8, 4) is 0 Å². The first-order chi connectivity index (χ1) is 7.15. The summed E-state index contributed by atoms with van der Waals surface area (Å²) in [4.78, 5) is 0. The van der Waals surface area contributed by atoms with Gasteiger partial charge in [-0.1, -0.05) is 42.6 Å². The summed E-state index contributed by atoms with van der Waals surface area (Å²) in [6.45, 7) is 5.32. The van der Waals surface area contributed by atoms with Crippen LogP contribution in [-0.4, -0.2) is 6.54 Å². The third kappa shape index (κ3) is 4.02. The monoisotopic (exact) mass is 245 g/mol. The lowest BCUT2D eigenvalue weighted by Crippen LogP contribution is -2.19. The van der Waals surface area contributed by atoms with Crippen LogP contribution in [0.15, 0.2) is 18.2 Å². The molecule has 0 spiro atoms. The Morgan fingerprint density at radius 2 is 2.07 bits per heavy atom. The SMILES string of the molecule is CCCCNC(C)c1ccc(Cl)cc1Cl. The molecule has 3 heteroatoms. The van der Waals surface area contributed by atoms with E-state index in [2.05, 4.69) is 19.2 Å². The van der Waals surface area contributed by atoms with Crippen molar-refractivity contribution in [2.24, 2.45) is 0 Å². The summed E-state index contributed by atoms with van der Waals surface area (Å²) >= 11 is 12.0. The fourth-order valence-electron chi connectivity index (χ4n) is 1.46. The van der Waals surface area contributed by atoms with E-state index in [1.807, 2.05) is 12.1 Å². The molecular formula is C12H17Cl2N. The Morgan fingerprint density at radius 1 is 1.33 bits per heavy atom. The van der Waals surface area contributed by atoms with Crippen molar-refractivity contribution in [2.45, 2.75) is 32.7 Å². The Bertz CT molecular complexity index is 312. The van der Waals surface area contributed by atoms with Gasteiger partial charge in [0.2, 0.25) is 0 Å². The quantitative estimate of drug-likeness (QED) is 0.757. The molecule has 0 bridgehead atoms. The van der Waals surface area contributed by atoms with Crippen molar-refractivity contribution in [1.29, 1.82) is 0 Å². The van der Waals surface area contributed by atoms with E-state index in [4.69, 9.17) is 23.2 Å². The molecule has 0 saturated heterocycles. The Hall–Kier alpha value is -0.240. The third-order valence-electron chi connectivity index (χ3n) is 2.41. The van der Waals surface area contributed by atoms with E-state index in [1.165, 1.54) is 12.8 Å². The number of hydrogen-bond acceptors (Lipinski definition) is 1. The van der Waals surface area contributed by atoms with Crippen LogP contribution in [0.3, 0.4) is 0 Å². The Kier molecular flexibility index (Phi) is 5.44. The first-order valence-corrected chi connectivity index (χ1v) is 6.09. The number of unbranched alkanes of at least 4 members (excludes halogenated alkanes) is 1. The Labute approximate surface area is 102 Å². The zero-order valence-electron chi connectivity index (χ0n) is 9.19. The molecule has 0 radical (unpaired) electrons. The topological polar surface area (TPSA) is 12.0 Å². The van der Waals surface area contributed by atoms with Gasteiger partial charge >= 0.3 is 0 Å². The van der Waals surface area contributed by atoms with Gasteiger partial charge in [-0.25, -0.2) is 0 Å². The highest BCUT2D eigenvalue weighted by Gasteiger charge is 2.08. The van der Waals surface area contributed by atoms with E-state index in [0.29, 0.717) is 5.02 Å². The van der Waals surface area contributed by atoms with Gasteiger partial charge in [0.1, 0.15) is 0 Å². The summed E-state index contributed by atoms with van der Waals surface area (Å²) in [5, 5.41) is 4.85. The lowest BCUT2D eigenvalue weighted by molar-refractivity contribution is 0.554. The maximum atomic E-state index is 6.11. The molecule has 0 fully saturated rings. The number of rotatable bonds is 5. The largest absolute Gasteiger partial charge is 0.310 e. The van der Waals surface area contributed by atoms with Crippen molar-refractivity contribution in [1.82, 2.24) is 5.32 Å². The van der Waals surface area contributed by atoms with Crippen LogP contribution in [0.25, 0.3) is 0 Å². The smallest absolute Gasteiger partial charge is 0.0468 e. The van der Waals surface area contributed by atoms with Crippen LogP contribution in [0.4, 0.5) is 0 Å². The molecule has 1 N–H and O–H groups in total. The van der Waals surface area contributed by atoms with E-state index in [-0.39, 0.29) is 6.04 Å². The van der Waals surface area contributed by atoms with Crippen molar-refractivity contribution in [3.05, 3.63) is 33.8 Å². The van der Waals surface area contributed by atoms with Crippen LogP contribution in [0.1, 0.15) is 38.3 Å². The zero-order chi connectivity index (χ0) is 11.3. The molecule has 15 heavy (non-hydrogen) atoms. The summed E-state index contributed by atoms with van der Waals surface area (Å²) in [6, 6.07) is 5.92. The van der Waals surface area contributed by atoms with Gasteiger partial charge in [0.15, 0.2) is 0 Å². The van der Waals surface area contributed by atoms with Gasteiger partial charge in [0, 0.05) is 16.1 Å². The summed E-state index contributed by atoms with van der Waals surface area (Å²) in [5.74, 6) is 0. The molecule has 1 aromatic rings. The molecule has 1 nitrogen and oxygen atoms in total. The summed E-state index contributed by atoms with van der Waals surface area (Å²) in [6.07, 6.45) is 2.39. The number of halogens is 2. The second-order valence-electron chi connectivity index (χ2n) is 3.70. The first kappa shape index (κ1) is 12.8. The van der Waals surface area contributed by atoms with E-state index in [9.17, 15) is 0 Å². The van der Waals surface area contributed by atoms with Crippen LogP contribution < -0.4 is 5.32 Å². The van der Waals surface area contributed by atoms with Crippen molar-refractivity contribution in [3.63, 3.8) is 0 Å². The second-order valence-corrected chi connectivity index (χ2v) is 4.54. The molecular weight excluding hydrogens is 229 g/mol. The lowest BCUT2D eigenvalue weighted by atomic mass is 10.1. The van der Waals surface area contributed by atoms with Gasteiger partial charge in [-0.15, -0.1) is 0 Å². The number of nitrogens with one attached hydrogen (secondary N) is 1. The van der Waals surface area contributed by atoms with Crippen LogP contribution in [0.2, 0.25) is 10.0 Å². The molecule has 0 aromatic heterocycles. The van der Waals surface area contributed by atoms with E-state index < -0.39 is 0 Å². The van der Waals surface area contributed by atoms with Gasteiger partial charge in [0.25, 0.3) is 0 Å². The van der Waals surface area contributed by atoms with Crippen molar-refractivity contribution in [2.75, 3.05) is 6.54 Å².